The lowest BCUT2D eigenvalue weighted by Gasteiger charge is -2.31. The molecule has 0 aliphatic rings. The van der Waals surface area contributed by atoms with Crippen LogP contribution in [0.25, 0.3) is 0 Å². The van der Waals surface area contributed by atoms with Crippen LogP contribution in [0.2, 0.25) is 0 Å². The number of benzene rings is 2. The molecule has 1 unspecified atom stereocenters. The molecule has 2 amide bonds. The number of amides is 2. The third kappa shape index (κ3) is 8.17. The molecule has 2 aromatic carbocycles. The van der Waals surface area contributed by atoms with Crippen molar-refractivity contribution in [1.29, 1.82) is 0 Å². The molecule has 35 heavy (non-hydrogen) atoms. The Kier molecular flexibility index (Phi) is 9.94. The van der Waals surface area contributed by atoms with Crippen molar-refractivity contribution in [3.05, 3.63) is 54.1 Å². The van der Waals surface area contributed by atoms with E-state index in [1.54, 1.807) is 56.5 Å². The summed E-state index contributed by atoms with van der Waals surface area (Å²) in [7, 11) is -0.794. The number of hydrogen-bond donors (Lipinski definition) is 1. The number of ether oxygens (including phenoxy) is 2. The first kappa shape index (κ1) is 28.0. The van der Waals surface area contributed by atoms with E-state index in [-0.39, 0.29) is 18.4 Å². The van der Waals surface area contributed by atoms with E-state index in [1.165, 1.54) is 12.0 Å². The molecule has 0 saturated heterocycles. The van der Waals surface area contributed by atoms with E-state index in [4.69, 9.17) is 9.47 Å². The average Bonchev–Trinajstić information content (AvgIpc) is 2.83. The number of carbonyl (C=O) groups excluding carboxylic acids is 2. The van der Waals surface area contributed by atoms with Crippen molar-refractivity contribution in [2.75, 3.05) is 37.9 Å². The summed E-state index contributed by atoms with van der Waals surface area (Å²) in [6, 6.07) is 12.8. The predicted molar refractivity (Wildman–Crippen MR) is 136 cm³/mol. The van der Waals surface area contributed by atoms with Gasteiger partial charge in [-0.1, -0.05) is 32.0 Å². The fourth-order valence-corrected chi connectivity index (χ4v) is 4.22. The normalized spacial score (nSPS) is 12.1. The van der Waals surface area contributed by atoms with Crippen LogP contribution in [0, 0.1) is 5.92 Å². The van der Waals surface area contributed by atoms with E-state index in [0.29, 0.717) is 23.7 Å². The molecule has 2 rings (SSSR count). The lowest BCUT2D eigenvalue weighted by Crippen LogP contribution is -2.51. The molecule has 1 N–H and O–H groups in total. The molecule has 192 valence electrons. The van der Waals surface area contributed by atoms with Crippen molar-refractivity contribution in [1.82, 2.24) is 10.2 Å². The maximum Gasteiger partial charge on any atom is 0.244 e. The lowest BCUT2D eigenvalue weighted by molar-refractivity contribution is -0.139. The molecule has 0 aliphatic carbocycles. The fourth-order valence-electron chi connectivity index (χ4n) is 3.38. The highest BCUT2D eigenvalue weighted by molar-refractivity contribution is 7.92. The molecule has 10 heteroatoms. The number of anilines is 1. The number of sulfonamides is 1. The zero-order chi connectivity index (χ0) is 26.2. The van der Waals surface area contributed by atoms with Crippen LogP contribution in [-0.4, -0.2) is 64.7 Å². The van der Waals surface area contributed by atoms with Crippen LogP contribution in [0.1, 0.15) is 26.3 Å². The summed E-state index contributed by atoms with van der Waals surface area (Å²) in [5.41, 5.74) is 1.03. The maximum atomic E-state index is 13.5. The topological polar surface area (TPSA) is 105 Å². The zero-order valence-corrected chi connectivity index (χ0v) is 22.0. The molecule has 0 saturated carbocycles. The summed E-state index contributed by atoms with van der Waals surface area (Å²) in [6.07, 6.45) is 1.03. The Morgan fingerprint density at radius 1 is 0.971 bits per heavy atom. The van der Waals surface area contributed by atoms with Gasteiger partial charge in [0, 0.05) is 19.2 Å². The average molecular weight is 506 g/mol. The van der Waals surface area contributed by atoms with Crippen molar-refractivity contribution in [3.63, 3.8) is 0 Å². The minimum absolute atomic E-state index is 0.0992. The van der Waals surface area contributed by atoms with Gasteiger partial charge in [-0.3, -0.25) is 13.9 Å². The van der Waals surface area contributed by atoms with Gasteiger partial charge < -0.3 is 19.7 Å². The molecule has 0 spiro atoms. The fraction of sp³-hybridized carbons (Fsp3) is 0.440. The highest BCUT2D eigenvalue weighted by Crippen LogP contribution is 2.24. The predicted octanol–water partition coefficient (Wildman–Crippen LogP) is 2.66. The highest BCUT2D eigenvalue weighted by Gasteiger charge is 2.30. The van der Waals surface area contributed by atoms with Crippen LogP contribution in [0.15, 0.2) is 48.5 Å². The highest BCUT2D eigenvalue weighted by atomic mass is 32.2. The summed E-state index contributed by atoms with van der Waals surface area (Å²) in [6.45, 7) is 5.66. The van der Waals surface area contributed by atoms with Crippen molar-refractivity contribution in [2.45, 2.75) is 33.4 Å². The van der Waals surface area contributed by atoms with Gasteiger partial charge in [0.2, 0.25) is 21.8 Å². The van der Waals surface area contributed by atoms with Crippen molar-refractivity contribution in [2.24, 2.45) is 5.92 Å². The van der Waals surface area contributed by atoms with E-state index in [1.807, 2.05) is 19.9 Å². The third-order valence-electron chi connectivity index (χ3n) is 5.36. The third-order valence-corrected chi connectivity index (χ3v) is 6.50. The van der Waals surface area contributed by atoms with E-state index in [9.17, 15) is 18.0 Å². The summed E-state index contributed by atoms with van der Waals surface area (Å²) >= 11 is 0. The molecular formula is C25H35N3O6S. The van der Waals surface area contributed by atoms with Gasteiger partial charge in [-0.15, -0.1) is 0 Å². The van der Waals surface area contributed by atoms with Gasteiger partial charge in [-0.2, -0.15) is 0 Å². The standard InChI is InChI=1S/C25H35N3O6S/c1-18(2)15-26-25(30)19(3)27(16-20-9-7-11-22(13-20)33-4)24(29)17-28(35(6,31)32)21-10-8-12-23(14-21)34-5/h7-14,18-19H,15-17H2,1-6H3,(H,26,30). The van der Waals surface area contributed by atoms with Gasteiger partial charge in [-0.25, -0.2) is 8.42 Å². The number of nitrogens with zero attached hydrogens (tertiary/aromatic N) is 2. The first-order valence-corrected chi connectivity index (χ1v) is 13.1. The Morgan fingerprint density at radius 2 is 1.57 bits per heavy atom. The van der Waals surface area contributed by atoms with Gasteiger partial charge in [-0.05, 0) is 42.7 Å². The number of carbonyl (C=O) groups is 2. The number of nitrogens with one attached hydrogen (secondary N) is 1. The first-order valence-electron chi connectivity index (χ1n) is 11.3. The second-order valence-electron chi connectivity index (χ2n) is 8.66. The van der Waals surface area contributed by atoms with E-state index < -0.39 is 28.5 Å². The van der Waals surface area contributed by atoms with Crippen LogP contribution >= 0.6 is 0 Å². The molecule has 1 atom stereocenters. The first-order chi connectivity index (χ1) is 16.5. The lowest BCUT2D eigenvalue weighted by atomic mass is 10.1. The van der Waals surface area contributed by atoms with Crippen LogP contribution in [0.3, 0.4) is 0 Å². The van der Waals surface area contributed by atoms with E-state index in [2.05, 4.69) is 5.32 Å². The van der Waals surface area contributed by atoms with Crippen LogP contribution in [0.5, 0.6) is 11.5 Å². The number of rotatable bonds is 12. The molecule has 0 aromatic heterocycles. The number of hydrogen-bond acceptors (Lipinski definition) is 6. The Labute approximate surface area is 208 Å². The van der Waals surface area contributed by atoms with Gasteiger partial charge in [0.15, 0.2) is 0 Å². The number of methoxy groups -OCH3 is 2. The summed E-state index contributed by atoms with van der Waals surface area (Å²) in [5, 5.41) is 2.85. The van der Waals surface area contributed by atoms with Crippen LogP contribution in [0.4, 0.5) is 5.69 Å². The van der Waals surface area contributed by atoms with Gasteiger partial charge in [0.1, 0.15) is 24.1 Å². The molecule has 0 aliphatic heterocycles. The van der Waals surface area contributed by atoms with E-state index in [0.717, 1.165) is 16.1 Å². The molecular weight excluding hydrogens is 470 g/mol. The SMILES string of the molecule is COc1cccc(CN(C(=O)CN(c2cccc(OC)c2)S(C)(=O)=O)C(C)C(=O)NCC(C)C)c1. The Bertz CT molecular complexity index is 1120. The summed E-state index contributed by atoms with van der Waals surface area (Å²) in [4.78, 5) is 27.8. The minimum atomic E-state index is -3.81. The molecule has 0 radical (unpaired) electrons. The Morgan fingerprint density at radius 3 is 2.14 bits per heavy atom. The summed E-state index contributed by atoms with van der Waals surface area (Å²) in [5.74, 6) is 0.470. The van der Waals surface area contributed by atoms with Crippen LogP contribution < -0.4 is 19.1 Å². The van der Waals surface area contributed by atoms with E-state index >= 15 is 0 Å². The molecule has 2 aromatic rings. The van der Waals surface area contributed by atoms with Gasteiger partial charge in [0.05, 0.1) is 26.2 Å². The molecule has 9 nitrogen and oxygen atoms in total. The molecule has 0 fully saturated rings. The molecule has 0 bridgehead atoms. The Balaban J connectivity index is 2.39. The zero-order valence-electron chi connectivity index (χ0n) is 21.1. The maximum absolute atomic E-state index is 13.5. The van der Waals surface area contributed by atoms with Crippen molar-refractivity contribution in [3.8, 4) is 11.5 Å². The second-order valence-corrected chi connectivity index (χ2v) is 10.6. The Hall–Kier alpha value is -3.27. The van der Waals surface area contributed by atoms with Crippen LogP contribution in [-0.2, 0) is 26.2 Å². The largest absolute Gasteiger partial charge is 0.497 e. The van der Waals surface area contributed by atoms with Gasteiger partial charge >= 0.3 is 0 Å². The summed E-state index contributed by atoms with van der Waals surface area (Å²) < 4.78 is 36.8. The van der Waals surface area contributed by atoms with Crippen molar-refractivity contribution >= 4 is 27.5 Å². The molecule has 0 heterocycles. The van der Waals surface area contributed by atoms with Gasteiger partial charge in [0.25, 0.3) is 0 Å². The van der Waals surface area contributed by atoms with Crippen molar-refractivity contribution < 1.29 is 27.5 Å². The minimum Gasteiger partial charge on any atom is -0.497 e. The monoisotopic (exact) mass is 505 g/mol. The quantitative estimate of drug-likeness (QED) is 0.476. The second kappa shape index (κ2) is 12.4. The smallest absolute Gasteiger partial charge is 0.244 e.